The fraction of sp³-hybridized carbons (Fsp3) is 0.444. The maximum atomic E-state index is 14.4. The molecule has 0 aliphatic carbocycles. The maximum absolute atomic E-state index is 14.4. The number of halogens is 2. The Balaban J connectivity index is 1.62. The molecule has 0 radical (unpaired) electrons. The van der Waals surface area contributed by atoms with Crippen molar-refractivity contribution >= 4 is 23.4 Å². The van der Waals surface area contributed by atoms with Gasteiger partial charge in [0, 0.05) is 18.1 Å². The molecule has 0 saturated carbocycles. The summed E-state index contributed by atoms with van der Waals surface area (Å²) in [4.78, 5) is 41.5. The molecule has 1 fully saturated rings. The van der Waals surface area contributed by atoms with Crippen molar-refractivity contribution in [3.63, 3.8) is 0 Å². The average Bonchev–Trinajstić information content (AvgIpc) is 2.96. The SMILES string of the molecule is CCCC(=O)N1CC(=O)N(Cc2ccc(F)cc2F)c2ccc(OCCC3CCNCC3)cc2C1=O. The molecule has 0 atom stereocenters. The van der Waals surface area contributed by atoms with Crippen molar-refractivity contribution in [2.24, 2.45) is 5.92 Å². The van der Waals surface area contributed by atoms with Crippen LogP contribution in [0.3, 0.4) is 0 Å². The minimum Gasteiger partial charge on any atom is -0.494 e. The van der Waals surface area contributed by atoms with E-state index < -0.39 is 35.9 Å². The number of piperidine rings is 1. The Kier molecular flexibility index (Phi) is 8.30. The van der Waals surface area contributed by atoms with Gasteiger partial charge in [0.05, 0.1) is 24.4 Å². The van der Waals surface area contributed by atoms with Crippen LogP contribution in [0, 0.1) is 17.6 Å². The minimum absolute atomic E-state index is 0.0961. The van der Waals surface area contributed by atoms with Crippen LogP contribution in [0.25, 0.3) is 0 Å². The third-order valence-corrected chi connectivity index (χ3v) is 6.69. The third kappa shape index (κ3) is 5.90. The van der Waals surface area contributed by atoms with Crippen LogP contribution in [-0.4, -0.2) is 48.9 Å². The van der Waals surface area contributed by atoms with Gasteiger partial charge in [-0.05, 0) is 69.0 Å². The highest BCUT2D eigenvalue weighted by Crippen LogP contribution is 2.32. The summed E-state index contributed by atoms with van der Waals surface area (Å²) in [6, 6.07) is 7.92. The number of imide groups is 1. The highest BCUT2D eigenvalue weighted by atomic mass is 19.1. The number of ether oxygens (including phenoxy) is 1. The van der Waals surface area contributed by atoms with E-state index in [1.807, 2.05) is 6.92 Å². The Morgan fingerprint density at radius 2 is 1.89 bits per heavy atom. The summed E-state index contributed by atoms with van der Waals surface area (Å²) in [6.45, 7) is 3.63. The fourth-order valence-corrected chi connectivity index (χ4v) is 4.64. The predicted molar refractivity (Wildman–Crippen MR) is 131 cm³/mol. The molecular formula is C27H31F2N3O4. The van der Waals surface area contributed by atoms with Crippen LogP contribution in [0.4, 0.5) is 14.5 Å². The Morgan fingerprint density at radius 1 is 1.11 bits per heavy atom. The lowest BCUT2D eigenvalue weighted by molar-refractivity contribution is -0.132. The van der Waals surface area contributed by atoms with Gasteiger partial charge in [-0.3, -0.25) is 19.3 Å². The van der Waals surface area contributed by atoms with Crippen LogP contribution in [0.15, 0.2) is 36.4 Å². The summed E-state index contributed by atoms with van der Waals surface area (Å²) < 4.78 is 33.8. The highest BCUT2D eigenvalue weighted by molar-refractivity contribution is 6.15. The number of amides is 3. The molecule has 3 amide bonds. The number of nitrogens with zero attached hydrogens (tertiary/aromatic N) is 2. The minimum atomic E-state index is -0.795. The molecule has 7 nitrogen and oxygen atoms in total. The van der Waals surface area contributed by atoms with Crippen molar-refractivity contribution in [3.05, 3.63) is 59.2 Å². The monoisotopic (exact) mass is 499 g/mol. The van der Waals surface area contributed by atoms with E-state index in [1.54, 1.807) is 18.2 Å². The molecule has 9 heteroatoms. The second-order valence-corrected chi connectivity index (χ2v) is 9.26. The van der Waals surface area contributed by atoms with Gasteiger partial charge < -0.3 is 15.0 Å². The van der Waals surface area contributed by atoms with E-state index >= 15 is 0 Å². The van der Waals surface area contributed by atoms with Gasteiger partial charge in [0.15, 0.2) is 0 Å². The lowest BCUT2D eigenvalue weighted by Gasteiger charge is -2.24. The molecule has 2 aromatic rings. The summed E-state index contributed by atoms with van der Waals surface area (Å²) in [5.41, 5.74) is 0.484. The zero-order chi connectivity index (χ0) is 25.7. The van der Waals surface area contributed by atoms with Gasteiger partial charge in [-0.1, -0.05) is 13.0 Å². The molecule has 2 aromatic carbocycles. The van der Waals surface area contributed by atoms with E-state index in [4.69, 9.17) is 4.74 Å². The zero-order valence-corrected chi connectivity index (χ0v) is 20.4. The van der Waals surface area contributed by atoms with E-state index in [-0.39, 0.29) is 29.8 Å². The molecule has 0 unspecified atom stereocenters. The van der Waals surface area contributed by atoms with Gasteiger partial charge in [-0.25, -0.2) is 8.78 Å². The van der Waals surface area contributed by atoms with Gasteiger partial charge in [-0.15, -0.1) is 0 Å². The van der Waals surface area contributed by atoms with Crippen LogP contribution in [0.1, 0.15) is 54.9 Å². The first-order valence-electron chi connectivity index (χ1n) is 12.4. The first-order valence-corrected chi connectivity index (χ1v) is 12.4. The lowest BCUT2D eigenvalue weighted by atomic mass is 9.95. The van der Waals surface area contributed by atoms with Crippen molar-refractivity contribution < 1.29 is 27.9 Å². The molecule has 2 heterocycles. The Labute approximate surface area is 209 Å². The van der Waals surface area contributed by atoms with Gasteiger partial charge in [0.2, 0.25) is 11.8 Å². The molecule has 1 N–H and O–H groups in total. The highest BCUT2D eigenvalue weighted by Gasteiger charge is 2.35. The number of fused-ring (bicyclic) bond motifs is 1. The number of carbonyl (C=O) groups excluding carboxylic acids is 3. The summed E-state index contributed by atoms with van der Waals surface area (Å²) in [7, 11) is 0. The molecule has 2 aliphatic rings. The number of nitrogens with one attached hydrogen (secondary N) is 1. The van der Waals surface area contributed by atoms with Crippen molar-refractivity contribution in [3.8, 4) is 5.75 Å². The fourth-order valence-electron chi connectivity index (χ4n) is 4.64. The number of carbonyl (C=O) groups is 3. The second kappa shape index (κ2) is 11.6. The van der Waals surface area contributed by atoms with Crippen LogP contribution >= 0.6 is 0 Å². The topological polar surface area (TPSA) is 79.0 Å². The van der Waals surface area contributed by atoms with Crippen molar-refractivity contribution in [2.45, 2.75) is 45.6 Å². The summed E-state index contributed by atoms with van der Waals surface area (Å²) >= 11 is 0. The standard InChI is InChI=1S/C27H31F2N3O4/c1-2-3-25(33)32-17-26(34)31(16-19-4-5-20(28)14-23(19)29)24-7-6-21(15-22(24)27(32)35)36-13-10-18-8-11-30-12-9-18/h4-7,14-15,18,30H,2-3,8-13,16-17H2,1H3. The van der Waals surface area contributed by atoms with Crippen LogP contribution in [-0.2, 0) is 16.1 Å². The van der Waals surface area contributed by atoms with Gasteiger partial charge in [-0.2, -0.15) is 0 Å². The lowest BCUT2D eigenvalue weighted by Crippen LogP contribution is -2.42. The normalized spacial score (nSPS) is 16.6. The Hall–Kier alpha value is -3.33. The molecule has 1 saturated heterocycles. The zero-order valence-electron chi connectivity index (χ0n) is 20.4. The molecule has 0 spiro atoms. The van der Waals surface area contributed by atoms with Crippen LogP contribution in [0.2, 0.25) is 0 Å². The molecule has 36 heavy (non-hydrogen) atoms. The Bertz CT molecular complexity index is 1130. The molecule has 192 valence electrons. The molecule has 2 aliphatic heterocycles. The molecule has 4 rings (SSSR count). The van der Waals surface area contributed by atoms with Crippen LogP contribution in [0.5, 0.6) is 5.75 Å². The first-order chi connectivity index (χ1) is 17.4. The van der Waals surface area contributed by atoms with Crippen molar-refractivity contribution in [1.29, 1.82) is 0 Å². The third-order valence-electron chi connectivity index (χ3n) is 6.69. The quantitative estimate of drug-likeness (QED) is 0.593. The van der Waals surface area contributed by atoms with Gasteiger partial charge >= 0.3 is 0 Å². The van der Waals surface area contributed by atoms with Crippen molar-refractivity contribution in [1.82, 2.24) is 10.2 Å². The number of hydrogen-bond donors (Lipinski definition) is 1. The van der Waals surface area contributed by atoms with E-state index in [2.05, 4.69) is 5.32 Å². The Morgan fingerprint density at radius 3 is 2.61 bits per heavy atom. The summed E-state index contributed by atoms with van der Waals surface area (Å²) in [6.07, 6.45) is 3.72. The van der Waals surface area contributed by atoms with Crippen LogP contribution < -0.4 is 15.0 Å². The maximum Gasteiger partial charge on any atom is 0.263 e. The average molecular weight is 500 g/mol. The molecular weight excluding hydrogens is 468 g/mol. The number of rotatable bonds is 8. The van der Waals surface area contributed by atoms with Gasteiger partial charge in [0.1, 0.15) is 23.9 Å². The smallest absolute Gasteiger partial charge is 0.263 e. The van der Waals surface area contributed by atoms with E-state index in [9.17, 15) is 23.2 Å². The van der Waals surface area contributed by atoms with Crippen molar-refractivity contribution in [2.75, 3.05) is 31.1 Å². The van der Waals surface area contributed by atoms with E-state index in [0.717, 1.165) is 49.4 Å². The summed E-state index contributed by atoms with van der Waals surface area (Å²) in [5, 5.41) is 3.34. The predicted octanol–water partition coefficient (Wildman–Crippen LogP) is 4.05. The molecule has 0 aromatic heterocycles. The first kappa shape index (κ1) is 25.8. The second-order valence-electron chi connectivity index (χ2n) is 9.26. The number of benzene rings is 2. The van der Waals surface area contributed by atoms with E-state index in [0.29, 0.717) is 24.7 Å². The molecule has 0 bridgehead atoms. The summed E-state index contributed by atoms with van der Waals surface area (Å²) in [5.74, 6) is -2.06. The van der Waals surface area contributed by atoms with E-state index in [1.165, 1.54) is 11.0 Å². The largest absolute Gasteiger partial charge is 0.494 e. The van der Waals surface area contributed by atoms with Gasteiger partial charge in [0.25, 0.3) is 5.91 Å². The number of hydrogen-bond acceptors (Lipinski definition) is 5. The number of anilines is 1.